The summed E-state index contributed by atoms with van der Waals surface area (Å²) in [5.41, 5.74) is 13.3. The zero-order chi connectivity index (χ0) is 22.1. The lowest BCUT2D eigenvalue weighted by atomic mass is 9.84. The molecule has 0 aliphatic heterocycles. The Morgan fingerprint density at radius 3 is 2.50 bits per heavy atom. The van der Waals surface area contributed by atoms with E-state index in [1.165, 1.54) is 55.8 Å². The van der Waals surface area contributed by atoms with Gasteiger partial charge in [-0.25, -0.2) is 0 Å². The Bertz CT molecular complexity index is 1240. The van der Waals surface area contributed by atoms with Crippen molar-refractivity contribution in [3.8, 4) is 11.1 Å². The van der Waals surface area contributed by atoms with Gasteiger partial charge in [0.25, 0.3) is 0 Å². The van der Waals surface area contributed by atoms with Gasteiger partial charge in [0.15, 0.2) is 0 Å². The SMILES string of the molecule is C=C1Cc2ccccc2C=C1C(CCC)N/C(=C\C)c1ccc2c(c1)-c1ccccc1C2. The number of hydrogen-bond acceptors (Lipinski definition) is 1. The van der Waals surface area contributed by atoms with E-state index in [9.17, 15) is 0 Å². The maximum absolute atomic E-state index is 4.45. The second kappa shape index (κ2) is 8.67. The van der Waals surface area contributed by atoms with Gasteiger partial charge in [-0.3, -0.25) is 0 Å². The van der Waals surface area contributed by atoms with Crippen LogP contribution in [-0.4, -0.2) is 6.04 Å². The Labute approximate surface area is 192 Å². The fourth-order valence-electron chi connectivity index (χ4n) is 5.19. The quantitative estimate of drug-likeness (QED) is 0.341. The molecule has 0 amide bonds. The zero-order valence-corrected chi connectivity index (χ0v) is 19.1. The molecule has 0 bridgehead atoms. The summed E-state index contributed by atoms with van der Waals surface area (Å²) < 4.78 is 0. The molecule has 32 heavy (non-hydrogen) atoms. The lowest BCUT2D eigenvalue weighted by molar-refractivity contribution is 0.612. The number of fused-ring (bicyclic) bond motifs is 4. The summed E-state index contributed by atoms with van der Waals surface area (Å²) in [7, 11) is 0. The van der Waals surface area contributed by atoms with Crippen LogP contribution in [0.2, 0.25) is 0 Å². The van der Waals surface area contributed by atoms with Crippen molar-refractivity contribution < 1.29 is 0 Å². The van der Waals surface area contributed by atoms with Crippen LogP contribution in [0.3, 0.4) is 0 Å². The van der Waals surface area contributed by atoms with Gasteiger partial charge in [-0.1, -0.05) is 86.7 Å². The van der Waals surface area contributed by atoms with E-state index in [4.69, 9.17) is 0 Å². The summed E-state index contributed by atoms with van der Waals surface area (Å²) in [5, 5.41) is 3.90. The van der Waals surface area contributed by atoms with Crippen molar-refractivity contribution in [2.45, 2.75) is 45.6 Å². The van der Waals surface area contributed by atoms with Crippen LogP contribution in [-0.2, 0) is 12.8 Å². The first-order valence-electron chi connectivity index (χ1n) is 11.8. The summed E-state index contributed by atoms with van der Waals surface area (Å²) in [4.78, 5) is 0. The third-order valence-electron chi connectivity index (χ3n) is 6.86. The molecule has 5 rings (SSSR count). The first-order chi connectivity index (χ1) is 15.7. The molecule has 0 saturated carbocycles. The lowest BCUT2D eigenvalue weighted by Crippen LogP contribution is -2.31. The standard InChI is InChI=1S/C31H31N/c1-4-10-31(28-19-23-12-7-6-11-22(23)17-21(28)3)32-30(5-2)26-16-15-25-18-24-13-8-9-14-27(24)29(25)20-26/h5-9,11-16,19-20,31-32H,3-4,10,17-18H2,1-2H3/b30-5-. The largest absolute Gasteiger partial charge is 0.378 e. The molecule has 0 aromatic heterocycles. The molecule has 2 aliphatic rings. The summed E-state index contributed by atoms with van der Waals surface area (Å²) in [6, 6.07) is 24.7. The minimum absolute atomic E-state index is 0.257. The van der Waals surface area contributed by atoms with Crippen LogP contribution in [0, 0.1) is 0 Å². The van der Waals surface area contributed by atoms with Crippen molar-refractivity contribution in [1.82, 2.24) is 5.32 Å². The predicted octanol–water partition coefficient (Wildman–Crippen LogP) is 7.57. The van der Waals surface area contributed by atoms with Crippen LogP contribution in [0.4, 0.5) is 0 Å². The summed E-state index contributed by atoms with van der Waals surface area (Å²) in [6.45, 7) is 8.84. The van der Waals surface area contributed by atoms with Crippen molar-refractivity contribution in [2.75, 3.05) is 0 Å². The van der Waals surface area contributed by atoms with E-state index in [0.29, 0.717) is 0 Å². The molecule has 1 unspecified atom stereocenters. The van der Waals surface area contributed by atoms with E-state index < -0.39 is 0 Å². The average molecular weight is 418 g/mol. The van der Waals surface area contributed by atoms with Gasteiger partial charge in [0, 0.05) is 5.70 Å². The van der Waals surface area contributed by atoms with E-state index in [2.05, 4.69) is 105 Å². The smallest absolute Gasteiger partial charge is 0.0516 e. The first-order valence-corrected chi connectivity index (χ1v) is 11.8. The van der Waals surface area contributed by atoms with Crippen LogP contribution in [0.5, 0.6) is 0 Å². The molecule has 0 radical (unpaired) electrons. The predicted molar refractivity (Wildman–Crippen MR) is 137 cm³/mol. The molecule has 1 nitrogen and oxygen atoms in total. The topological polar surface area (TPSA) is 12.0 Å². The molecule has 0 fully saturated rings. The highest BCUT2D eigenvalue weighted by Crippen LogP contribution is 2.38. The molecular formula is C31H31N. The van der Waals surface area contributed by atoms with Gasteiger partial charge in [-0.15, -0.1) is 0 Å². The van der Waals surface area contributed by atoms with Gasteiger partial charge >= 0.3 is 0 Å². The number of rotatable bonds is 6. The Hall–Kier alpha value is -3.32. The van der Waals surface area contributed by atoms with Crippen LogP contribution in [0.1, 0.15) is 54.5 Å². The highest BCUT2D eigenvalue weighted by atomic mass is 14.9. The molecule has 0 heterocycles. The Morgan fingerprint density at radius 2 is 1.69 bits per heavy atom. The van der Waals surface area contributed by atoms with Crippen molar-refractivity contribution in [3.63, 3.8) is 0 Å². The van der Waals surface area contributed by atoms with Crippen LogP contribution in [0.15, 0.2) is 90.5 Å². The van der Waals surface area contributed by atoms with Crippen molar-refractivity contribution in [1.29, 1.82) is 0 Å². The Morgan fingerprint density at radius 1 is 0.938 bits per heavy atom. The second-order valence-electron chi connectivity index (χ2n) is 8.97. The van der Waals surface area contributed by atoms with Gasteiger partial charge in [0.1, 0.15) is 0 Å². The molecular weight excluding hydrogens is 386 g/mol. The van der Waals surface area contributed by atoms with Gasteiger partial charge in [0.2, 0.25) is 0 Å². The van der Waals surface area contributed by atoms with Gasteiger partial charge in [0.05, 0.1) is 6.04 Å². The maximum Gasteiger partial charge on any atom is 0.0516 e. The highest BCUT2D eigenvalue weighted by molar-refractivity contribution is 5.80. The van der Waals surface area contributed by atoms with E-state index in [0.717, 1.165) is 25.7 Å². The zero-order valence-electron chi connectivity index (χ0n) is 19.1. The van der Waals surface area contributed by atoms with Gasteiger partial charge < -0.3 is 5.32 Å². The maximum atomic E-state index is 4.45. The van der Waals surface area contributed by atoms with Crippen molar-refractivity contribution in [2.24, 2.45) is 0 Å². The Balaban J connectivity index is 1.47. The second-order valence-corrected chi connectivity index (χ2v) is 8.97. The number of allylic oxidation sites excluding steroid dienone is 1. The molecule has 0 saturated heterocycles. The van der Waals surface area contributed by atoms with Crippen molar-refractivity contribution in [3.05, 3.63) is 118 Å². The van der Waals surface area contributed by atoms with E-state index in [-0.39, 0.29) is 6.04 Å². The van der Waals surface area contributed by atoms with Crippen LogP contribution in [0.25, 0.3) is 22.9 Å². The minimum Gasteiger partial charge on any atom is -0.378 e. The fourth-order valence-corrected chi connectivity index (χ4v) is 5.19. The highest BCUT2D eigenvalue weighted by Gasteiger charge is 2.23. The van der Waals surface area contributed by atoms with Gasteiger partial charge in [-0.2, -0.15) is 0 Å². The number of hydrogen-bond donors (Lipinski definition) is 1. The summed E-state index contributed by atoms with van der Waals surface area (Å²) >= 11 is 0. The lowest BCUT2D eigenvalue weighted by Gasteiger charge is -2.29. The van der Waals surface area contributed by atoms with E-state index in [1.807, 2.05) is 0 Å². The van der Waals surface area contributed by atoms with Crippen LogP contribution < -0.4 is 5.32 Å². The van der Waals surface area contributed by atoms with Gasteiger partial charge in [-0.05, 0) is 88.4 Å². The van der Waals surface area contributed by atoms with E-state index in [1.54, 1.807) is 0 Å². The summed E-state index contributed by atoms with van der Waals surface area (Å²) in [5.74, 6) is 0. The molecule has 1 N–H and O–H groups in total. The molecule has 3 aromatic carbocycles. The molecule has 2 aliphatic carbocycles. The number of nitrogens with one attached hydrogen (secondary N) is 1. The third kappa shape index (κ3) is 3.73. The minimum atomic E-state index is 0.257. The summed E-state index contributed by atoms with van der Waals surface area (Å²) in [6.07, 6.45) is 8.74. The molecule has 0 spiro atoms. The van der Waals surface area contributed by atoms with Crippen LogP contribution >= 0.6 is 0 Å². The Kier molecular flexibility index (Phi) is 5.57. The fraction of sp³-hybridized carbons (Fsp3) is 0.226. The molecule has 3 aromatic rings. The number of benzene rings is 3. The first kappa shape index (κ1) is 20.6. The average Bonchev–Trinajstić information content (AvgIpc) is 3.19. The van der Waals surface area contributed by atoms with E-state index >= 15 is 0 Å². The van der Waals surface area contributed by atoms with Crippen molar-refractivity contribution >= 4 is 11.8 Å². The molecule has 1 atom stereocenters. The third-order valence-corrected chi connectivity index (χ3v) is 6.86. The molecule has 160 valence electrons. The normalized spacial score (nSPS) is 15.5. The molecule has 1 heteroatoms. The monoisotopic (exact) mass is 417 g/mol.